The monoisotopic (exact) mass is 1310 g/mol. The second-order valence-corrected chi connectivity index (χ2v) is 25.4. The van der Waals surface area contributed by atoms with E-state index in [9.17, 15) is 106 Å². The van der Waals surface area contributed by atoms with E-state index in [1.165, 1.54) is 0 Å². The Bertz CT molecular complexity index is 2310. The number of hydrogen-bond donors (Lipinski definition) is 18. The van der Waals surface area contributed by atoms with Crippen LogP contribution in [0.4, 0.5) is 0 Å². The van der Waals surface area contributed by atoms with Crippen LogP contribution in [0.1, 0.15) is 89.9 Å². The largest absolute Gasteiger partial charge is 0.481 e. The topological polar surface area (TPSA) is 547 Å². The zero-order valence-electron chi connectivity index (χ0n) is 49.0. The number of esters is 3. The number of aliphatic carboxylic acids is 1. The summed E-state index contributed by atoms with van der Waals surface area (Å²) >= 11 is 0. The van der Waals surface area contributed by atoms with Gasteiger partial charge in [0.05, 0.1) is 61.0 Å². The fraction of sp³-hybridized carbons (Fsp3) is 0.929. The lowest BCUT2D eigenvalue weighted by Crippen LogP contribution is -2.65. The molecule has 34 heteroatoms. The molecule has 0 amide bonds. The number of carbonyl (C=O) groups is 4. The van der Waals surface area contributed by atoms with E-state index in [-0.39, 0.29) is 57.8 Å². The van der Waals surface area contributed by atoms with Gasteiger partial charge in [0.2, 0.25) is 0 Å². The second kappa shape index (κ2) is 31.1. The smallest absolute Gasteiger partial charge is 0.317 e. The van der Waals surface area contributed by atoms with Gasteiger partial charge in [-0.05, 0) is 70.6 Å². The SMILES string of the molecule is O=C(O)CC(=O)OCC1OC(OC2CC3C(O)CC(OC4OC(COC(=O)C5CCC(OC6OC(COC(=O)C7CCC(O)CC7)C(O)C(O)C6O)CC5)C(O)C(O)C4OC4OC(CO)C(O)C(O)C4O)CC3[OH+]C2C2CC(O)C(O)C(O)C2)C(O)C(O)C1O. The minimum absolute atomic E-state index is 0.0578. The van der Waals surface area contributed by atoms with Crippen LogP contribution in [-0.4, -0.2) is 331 Å². The van der Waals surface area contributed by atoms with Crippen LogP contribution in [0.3, 0.4) is 0 Å². The van der Waals surface area contributed by atoms with E-state index in [1.54, 1.807) is 0 Å². The molecule has 0 spiro atoms. The van der Waals surface area contributed by atoms with E-state index < -0.39 is 264 Å². The Morgan fingerprint density at radius 2 is 0.878 bits per heavy atom. The van der Waals surface area contributed by atoms with Crippen molar-refractivity contribution in [3.05, 3.63) is 0 Å². The van der Waals surface area contributed by atoms with Gasteiger partial charge < -0.3 is 149 Å². The molecule has 0 radical (unpaired) electrons. The van der Waals surface area contributed by atoms with Crippen molar-refractivity contribution in [3.63, 3.8) is 0 Å². The summed E-state index contributed by atoms with van der Waals surface area (Å²) < 4.78 is 69.0. The van der Waals surface area contributed by atoms with Gasteiger partial charge in [-0.25, -0.2) is 0 Å². The van der Waals surface area contributed by atoms with Crippen LogP contribution in [0, 0.1) is 23.7 Å². The van der Waals surface area contributed by atoms with Crippen LogP contribution in [0.2, 0.25) is 0 Å². The maximum atomic E-state index is 13.7. The minimum atomic E-state index is -2.03. The minimum Gasteiger partial charge on any atom is -0.481 e. The average Bonchev–Trinajstić information content (AvgIpc) is 0.802. The molecule has 0 bridgehead atoms. The molecule has 5 saturated heterocycles. The number of carbonyl (C=O) groups excluding carboxylic acids is 3. The third-order valence-corrected chi connectivity index (χ3v) is 19.2. The van der Waals surface area contributed by atoms with Crippen LogP contribution >= 0.6 is 0 Å². The van der Waals surface area contributed by atoms with Crippen molar-refractivity contribution < 1.29 is 168 Å². The standard InChI is InChI=1S/C56H88O34/c57-15-31-38(66)42(70)48(76)55(86-31)90-50-45(73)41(69)34(18-81-52(78)20-3-7-23(8-4-20)82-53-46(74)43(71)40(68)33(87-53)17-80-51(77)19-1-5-22(58)6-2-19)89-56(50)83-24-11-26(59)25-13-30(49(84-29(25)12-24)21-9-27(60)37(65)28(61)10-21)85-54-47(75)44(72)39(67)32(88-54)16-79-36(64)14-35(62)63/h19-34,37-50,53-61,65-76H,1-18H2,(H,62,63)/p+1. The Hall–Kier alpha value is -3.16. The van der Waals surface area contributed by atoms with E-state index in [2.05, 4.69) is 0 Å². The molecular weight excluding hydrogens is 1220 g/mol. The zero-order valence-corrected chi connectivity index (χ0v) is 49.0. The highest BCUT2D eigenvalue weighted by Crippen LogP contribution is 2.44. The lowest BCUT2D eigenvalue weighted by atomic mass is 9.72. The third kappa shape index (κ3) is 16.5. The third-order valence-electron chi connectivity index (χ3n) is 19.2. The van der Waals surface area contributed by atoms with Gasteiger partial charge in [-0.15, -0.1) is 0 Å². The molecule has 9 aliphatic rings. The van der Waals surface area contributed by atoms with Crippen molar-refractivity contribution >= 4 is 23.9 Å². The highest BCUT2D eigenvalue weighted by atomic mass is 16.8. The molecule has 4 saturated carbocycles. The number of carboxylic acid groups (broad SMARTS) is 1. The lowest BCUT2D eigenvalue weighted by Gasteiger charge is -2.50. The summed E-state index contributed by atoms with van der Waals surface area (Å²) in [5, 5.41) is 193. The fourth-order valence-corrected chi connectivity index (χ4v) is 13.8. The predicted octanol–water partition coefficient (Wildman–Crippen LogP) is -8.83. The first-order chi connectivity index (χ1) is 42.7. The van der Waals surface area contributed by atoms with Gasteiger partial charge in [0.25, 0.3) is 0 Å². The molecule has 516 valence electrons. The van der Waals surface area contributed by atoms with Crippen LogP contribution in [0.15, 0.2) is 0 Å². The molecule has 0 aromatic rings. The average molecular weight is 1310 g/mol. The Morgan fingerprint density at radius 1 is 0.422 bits per heavy atom. The number of hydrogen-bond acceptors (Lipinski definition) is 32. The van der Waals surface area contributed by atoms with E-state index in [4.69, 9.17) is 61.9 Å². The Balaban J connectivity index is 0.850. The summed E-state index contributed by atoms with van der Waals surface area (Å²) in [6.45, 7) is -2.79. The molecule has 5 heterocycles. The van der Waals surface area contributed by atoms with E-state index >= 15 is 0 Å². The fourth-order valence-electron chi connectivity index (χ4n) is 13.8. The molecule has 5 aliphatic heterocycles. The number of ether oxygens (including phenoxy) is 12. The van der Waals surface area contributed by atoms with Crippen LogP contribution in [0.25, 0.3) is 0 Å². The Morgan fingerprint density at radius 3 is 1.41 bits per heavy atom. The first kappa shape index (κ1) is 71.1. The first-order valence-electron chi connectivity index (χ1n) is 30.9. The number of fused-ring (bicyclic) bond motifs is 1. The number of carboxylic acids is 1. The maximum absolute atomic E-state index is 13.7. The highest BCUT2D eigenvalue weighted by molar-refractivity contribution is 5.90. The van der Waals surface area contributed by atoms with Gasteiger partial charge in [0, 0.05) is 18.8 Å². The Labute approximate surface area is 514 Å². The van der Waals surface area contributed by atoms with Crippen molar-refractivity contribution in [2.24, 2.45) is 23.7 Å². The number of aliphatic hydroxyl groups excluding tert-OH is 17. The van der Waals surface area contributed by atoms with Crippen LogP contribution in [0.5, 0.6) is 0 Å². The van der Waals surface area contributed by atoms with Crippen LogP contribution in [-0.2, 0) is 71.3 Å². The molecule has 9 fully saturated rings. The number of rotatable bonds is 20. The van der Waals surface area contributed by atoms with E-state index in [0.717, 1.165) is 0 Å². The molecule has 28 unspecified atom stereocenters. The van der Waals surface area contributed by atoms with Crippen molar-refractivity contribution in [3.8, 4) is 0 Å². The molecular formula is C56H89O34+. The molecule has 9 rings (SSSR count). The quantitative estimate of drug-likeness (QED) is 0.0233. The van der Waals surface area contributed by atoms with Crippen LogP contribution < -0.4 is 0 Å². The van der Waals surface area contributed by atoms with E-state index in [1.807, 2.05) is 0 Å². The highest BCUT2D eigenvalue weighted by Gasteiger charge is 2.58. The molecule has 90 heavy (non-hydrogen) atoms. The van der Waals surface area contributed by atoms with Gasteiger partial charge in [-0.1, -0.05) is 0 Å². The molecule has 0 aromatic carbocycles. The summed E-state index contributed by atoms with van der Waals surface area (Å²) in [6, 6.07) is 0. The van der Waals surface area contributed by atoms with Gasteiger partial charge >= 0.3 is 23.9 Å². The molecule has 19 N–H and O–H groups in total. The predicted molar refractivity (Wildman–Crippen MR) is 286 cm³/mol. The van der Waals surface area contributed by atoms with Gasteiger partial charge in [0.15, 0.2) is 37.4 Å². The van der Waals surface area contributed by atoms with Gasteiger partial charge in [-0.2, -0.15) is 0 Å². The molecule has 28 atom stereocenters. The summed E-state index contributed by atoms with van der Waals surface area (Å²) in [4.78, 5) is 49.5. The first-order valence-corrected chi connectivity index (χ1v) is 30.9. The van der Waals surface area contributed by atoms with Crippen molar-refractivity contribution in [1.29, 1.82) is 0 Å². The lowest BCUT2D eigenvalue weighted by molar-refractivity contribution is -0.380. The van der Waals surface area contributed by atoms with Crippen molar-refractivity contribution in [2.75, 3.05) is 26.4 Å². The second-order valence-electron chi connectivity index (χ2n) is 25.4. The summed E-state index contributed by atoms with van der Waals surface area (Å²) in [5.41, 5.74) is 0. The summed E-state index contributed by atoms with van der Waals surface area (Å²) in [7, 11) is 0. The Kier molecular flexibility index (Phi) is 24.6. The summed E-state index contributed by atoms with van der Waals surface area (Å²) in [6.07, 6.45) is -45.6. The summed E-state index contributed by atoms with van der Waals surface area (Å²) in [5.74, 6) is -6.78. The molecule has 0 aromatic heterocycles. The van der Waals surface area contributed by atoms with Gasteiger partial charge in [-0.3, -0.25) is 19.2 Å². The maximum Gasteiger partial charge on any atom is 0.317 e. The molecule has 34 nitrogen and oxygen atoms in total. The normalized spacial score (nSPS) is 48.5. The zero-order chi connectivity index (χ0) is 65.2. The van der Waals surface area contributed by atoms with Crippen molar-refractivity contribution in [2.45, 2.75) is 274 Å². The van der Waals surface area contributed by atoms with E-state index in [0.29, 0.717) is 25.7 Å². The number of aliphatic hydroxyl groups is 19. The molecule has 4 aliphatic carbocycles. The van der Waals surface area contributed by atoms with Gasteiger partial charge in [0.1, 0.15) is 136 Å². The van der Waals surface area contributed by atoms with Crippen molar-refractivity contribution in [1.82, 2.24) is 0 Å².